The molecule has 1 heterocycles. The lowest BCUT2D eigenvalue weighted by Crippen LogP contribution is -2.15. The Morgan fingerprint density at radius 1 is 1.25 bits per heavy atom. The van der Waals surface area contributed by atoms with E-state index in [1.54, 1.807) is 18.5 Å². The number of nitrogens with zero attached hydrogens (tertiary/aromatic N) is 1. The van der Waals surface area contributed by atoms with Crippen LogP contribution in [0.25, 0.3) is 0 Å². The number of pyridine rings is 1. The highest BCUT2D eigenvalue weighted by molar-refractivity contribution is 6.04. The summed E-state index contributed by atoms with van der Waals surface area (Å²) in [6, 6.07) is 9.42. The summed E-state index contributed by atoms with van der Waals surface area (Å²) in [5, 5.41) is 5.95. The van der Waals surface area contributed by atoms with Gasteiger partial charge in [-0.25, -0.2) is 0 Å². The van der Waals surface area contributed by atoms with Crippen LogP contribution in [0, 0.1) is 6.92 Å². The molecule has 0 atom stereocenters. The van der Waals surface area contributed by atoms with Gasteiger partial charge in [0.05, 0.1) is 11.3 Å². The second kappa shape index (κ2) is 6.68. The number of anilines is 2. The van der Waals surface area contributed by atoms with Gasteiger partial charge in [0.2, 0.25) is 0 Å². The third-order valence-corrected chi connectivity index (χ3v) is 2.75. The number of benzene rings is 1. The summed E-state index contributed by atoms with van der Waals surface area (Å²) in [6.07, 6.45) is 3.21. The Morgan fingerprint density at radius 3 is 2.85 bits per heavy atom. The highest BCUT2D eigenvalue weighted by atomic mass is 16.1. The van der Waals surface area contributed by atoms with Crippen molar-refractivity contribution in [1.82, 2.24) is 4.98 Å². The van der Waals surface area contributed by atoms with E-state index >= 15 is 0 Å². The van der Waals surface area contributed by atoms with E-state index in [2.05, 4.69) is 15.6 Å². The molecular formula is C15H18N4O. The zero-order chi connectivity index (χ0) is 14.4. The predicted octanol–water partition coefficient (Wildman–Crippen LogP) is 2.01. The molecule has 0 saturated carbocycles. The summed E-state index contributed by atoms with van der Waals surface area (Å²) in [5.41, 5.74) is 8.59. The lowest BCUT2D eigenvalue weighted by Gasteiger charge is -2.08. The smallest absolute Gasteiger partial charge is 0.257 e. The van der Waals surface area contributed by atoms with E-state index < -0.39 is 0 Å². The summed E-state index contributed by atoms with van der Waals surface area (Å²) in [5.74, 6) is -0.181. The van der Waals surface area contributed by atoms with Crippen LogP contribution in [0.2, 0.25) is 0 Å². The number of carbonyl (C=O) groups is 1. The van der Waals surface area contributed by atoms with Crippen molar-refractivity contribution < 1.29 is 4.79 Å². The minimum absolute atomic E-state index is 0.181. The molecule has 5 nitrogen and oxygen atoms in total. The molecule has 1 aromatic carbocycles. The van der Waals surface area contributed by atoms with Gasteiger partial charge in [-0.15, -0.1) is 0 Å². The van der Waals surface area contributed by atoms with Gasteiger partial charge in [-0.2, -0.15) is 0 Å². The molecule has 0 radical (unpaired) electrons. The number of aryl methyl sites for hydroxylation is 1. The number of amides is 1. The van der Waals surface area contributed by atoms with E-state index in [9.17, 15) is 4.79 Å². The zero-order valence-corrected chi connectivity index (χ0v) is 11.4. The van der Waals surface area contributed by atoms with Crippen LogP contribution in [0.1, 0.15) is 15.9 Å². The average Bonchev–Trinajstić information content (AvgIpc) is 2.45. The summed E-state index contributed by atoms with van der Waals surface area (Å²) < 4.78 is 0. The van der Waals surface area contributed by atoms with Gasteiger partial charge in [-0.05, 0) is 30.7 Å². The Hall–Kier alpha value is -2.40. The molecular weight excluding hydrogens is 252 g/mol. The molecule has 1 aromatic heterocycles. The fraction of sp³-hybridized carbons (Fsp3) is 0.200. The Balaban J connectivity index is 2.09. The highest BCUT2D eigenvalue weighted by Gasteiger charge is 2.07. The maximum Gasteiger partial charge on any atom is 0.257 e. The molecule has 0 saturated heterocycles. The Labute approximate surface area is 118 Å². The first kappa shape index (κ1) is 14.0. The van der Waals surface area contributed by atoms with Crippen molar-refractivity contribution in [2.45, 2.75) is 6.92 Å². The molecule has 20 heavy (non-hydrogen) atoms. The molecule has 0 aliphatic carbocycles. The third kappa shape index (κ3) is 3.80. The molecule has 2 rings (SSSR count). The van der Waals surface area contributed by atoms with Crippen LogP contribution in [-0.2, 0) is 0 Å². The second-order valence-electron chi connectivity index (χ2n) is 4.50. The van der Waals surface area contributed by atoms with Crippen LogP contribution in [0.15, 0.2) is 42.7 Å². The number of hydrogen-bond donors (Lipinski definition) is 3. The van der Waals surface area contributed by atoms with Crippen molar-refractivity contribution in [3.63, 3.8) is 0 Å². The number of hydrogen-bond acceptors (Lipinski definition) is 4. The fourth-order valence-corrected chi connectivity index (χ4v) is 1.80. The van der Waals surface area contributed by atoms with Gasteiger partial charge in [0.25, 0.3) is 5.91 Å². The molecule has 0 spiro atoms. The fourth-order valence-electron chi connectivity index (χ4n) is 1.80. The van der Waals surface area contributed by atoms with E-state index in [4.69, 9.17) is 5.73 Å². The molecule has 104 valence electrons. The number of aromatic nitrogens is 1. The highest BCUT2D eigenvalue weighted by Crippen LogP contribution is 2.13. The minimum Gasteiger partial charge on any atom is -0.383 e. The molecule has 5 heteroatoms. The first-order valence-electron chi connectivity index (χ1n) is 6.46. The zero-order valence-electron chi connectivity index (χ0n) is 11.4. The van der Waals surface area contributed by atoms with E-state index in [1.807, 2.05) is 31.2 Å². The van der Waals surface area contributed by atoms with Crippen molar-refractivity contribution in [2.75, 3.05) is 23.7 Å². The van der Waals surface area contributed by atoms with E-state index in [0.29, 0.717) is 18.7 Å². The quantitative estimate of drug-likeness (QED) is 0.776. The van der Waals surface area contributed by atoms with Crippen LogP contribution < -0.4 is 16.4 Å². The molecule has 0 bridgehead atoms. The Bertz CT molecular complexity index is 598. The SMILES string of the molecule is Cc1cccc(NC(=O)c2cncc(NCCN)c2)c1. The van der Waals surface area contributed by atoms with Crippen molar-refractivity contribution in [3.8, 4) is 0 Å². The van der Waals surface area contributed by atoms with Crippen LogP contribution in [0.4, 0.5) is 11.4 Å². The average molecular weight is 270 g/mol. The lowest BCUT2D eigenvalue weighted by atomic mass is 10.2. The van der Waals surface area contributed by atoms with E-state index in [-0.39, 0.29) is 5.91 Å². The molecule has 1 amide bonds. The van der Waals surface area contributed by atoms with Crippen LogP contribution in [0.3, 0.4) is 0 Å². The standard InChI is InChI=1S/C15H18N4O/c1-11-3-2-4-13(7-11)19-15(20)12-8-14(10-17-9-12)18-6-5-16/h2-4,7-10,18H,5-6,16H2,1H3,(H,19,20). The molecule has 0 unspecified atom stereocenters. The lowest BCUT2D eigenvalue weighted by molar-refractivity contribution is 0.102. The normalized spacial score (nSPS) is 10.1. The summed E-state index contributed by atoms with van der Waals surface area (Å²) in [6.45, 7) is 3.15. The van der Waals surface area contributed by atoms with Crippen LogP contribution in [-0.4, -0.2) is 24.0 Å². The number of nitrogens with two attached hydrogens (primary N) is 1. The number of carbonyl (C=O) groups excluding carboxylic acids is 1. The minimum atomic E-state index is -0.181. The number of rotatable bonds is 5. The Morgan fingerprint density at radius 2 is 2.10 bits per heavy atom. The van der Waals surface area contributed by atoms with E-state index in [0.717, 1.165) is 16.9 Å². The molecule has 2 aromatic rings. The predicted molar refractivity (Wildman–Crippen MR) is 80.9 cm³/mol. The molecule has 4 N–H and O–H groups in total. The van der Waals surface area contributed by atoms with E-state index in [1.165, 1.54) is 0 Å². The van der Waals surface area contributed by atoms with Gasteiger partial charge in [0.15, 0.2) is 0 Å². The monoisotopic (exact) mass is 270 g/mol. The van der Waals surface area contributed by atoms with Gasteiger partial charge in [0.1, 0.15) is 0 Å². The van der Waals surface area contributed by atoms with Crippen molar-refractivity contribution in [1.29, 1.82) is 0 Å². The van der Waals surface area contributed by atoms with Gasteiger partial charge in [-0.3, -0.25) is 9.78 Å². The first-order valence-corrected chi connectivity index (χ1v) is 6.46. The molecule has 0 fully saturated rings. The largest absolute Gasteiger partial charge is 0.383 e. The van der Waals surface area contributed by atoms with Crippen LogP contribution in [0.5, 0.6) is 0 Å². The summed E-state index contributed by atoms with van der Waals surface area (Å²) in [7, 11) is 0. The number of nitrogens with one attached hydrogen (secondary N) is 2. The van der Waals surface area contributed by atoms with Crippen LogP contribution >= 0.6 is 0 Å². The maximum absolute atomic E-state index is 12.1. The van der Waals surface area contributed by atoms with Crippen molar-refractivity contribution in [3.05, 3.63) is 53.9 Å². The van der Waals surface area contributed by atoms with Gasteiger partial charge in [0, 0.05) is 31.2 Å². The first-order chi connectivity index (χ1) is 9.69. The topological polar surface area (TPSA) is 80.0 Å². The summed E-state index contributed by atoms with van der Waals surface area (Å²) >= 11 is 0. The van der Waals surface area contributed by atoms with Gasteiger partial charge >= 0.3 is 0 Å². The van der Waals surface area contributed by atoms with Crippen molar-refractivity contribution >= 4 is 17.3 Å². The molecule has 0 aliphatic rings. The second-order valence-corrected chi connectivity index (χ2v) is 4.50. The van der Waals surface area contributed by atoms with Crippen molar-refractivity contribution in [2.24, 2.45) is 5.73 Å². The Kier molecular flexibility index (Phi) is 4.68. The molecule has 0 aliphatic heterocycles. The third-order valence-electron chi connectivity index (χ3n) is 2.75. The van der Waals surface area contributed by atoms with Gasteiger partial charge in [-0.1, -0.05) is 12.1 Å². The van der Waals surface area contributed by atoms with Gasteiger partial charge < -0.3 is 16.4 Å². The maximum atomic E-state index is 12.1. The summed E-state index contributed by atoms with van der Waals surface area (Å²) in [4.78, 5) is 16.2.